The maximum atomic E-state index is 12.9. The minimum atomic E-state index is -3.56. The molecular formula is C22H27FN2O4S. The first-order valence-electron chi connectivity index (χ1n) is 10.2. The number of aryl methyl sites for hydroxylation is 1. The van der Waals surface area contributed by atoms with Crippen molar-refractivity contribution in [3.8, 4) is 5.75 Å². The van der Waals surface area contributed by atoms with Crippen molar-refractivity contribution in [3.05, 3.63) is 53.8 Å². The molecule has 30 heavy (non-hydrogen) atoms. The third kappa shape index (κ3) is 5.79. The maximum absolute atomic E-state index is 12.9. The fourth-order valence-electron chi connectivity index (χ4n) is 3.32. The van der Waals surface area contributed by atoms with Gasteiger partial charge in [0.05, 0.1) is 11.5 Å². The van der Waals surface area contributed by atoms with Crippen LogP contribution in [0.15, 0.2) is 47.4 Å². The summed E-state index contributed by atoms with van der Waals surface area (Å²) in [6.07, 6.45) is 3.49. The van der Waals surface area contributed by atoms with E-state index in [9.17, 15) is 17.6 Å². The van der Waals surface area contributed by atoms with Crippen LogP contribution in [-0.4, -0.2) is 38.3 Å². The molecule has 2 aromatic carbocycles. The molecule has 6 nitrogen and oxygen atoms in total. The quantitative estimate of drug-likeness (QED) is 0.635. The molecule has 2 aromatic rings. The van der Waals surface area contributed by atoms with E-state index in [1.807, 2.05) is 6.92 Å². The average molecular weight is 435 g/mol. The topological polar surface area (TPSA) is 75.7 Å². The van der Waals surface area contributed by atoms with Crippen LogP contribution in [0.2, 0.25) is 0 Å². The van der Waals surface area contributed by atoms with Crippen molar-refractivity contribution in [2.24, 2.45) is 0 Å². The number of nitrogens with one attached hydrogen (secondary N) is 1. The highest BCUT2D eigenvalue weighted by molar-refractivity contribution is 7.89. The molecule has 0 aromatic heterocycles. The van der Waals surface area contributed by atoms with Gasteiger partial charge in [-0.15, -0.1) is 0 Å². The average Bonchev–Trinajstić information content (AvgIpc) is 2.74. The summed E-state index contributed by atoms with van der Waals surface area (Å²) in [5.41, 5.74) is 1.29. The number of ether oxygens (including phenoxy) is 1. The van der Waals surface area contributed by atoms with Crippen LogP contribution in [-0.2, 0) is 14.8 Å². The molecule has 0 spiro atoms. The predicted molar refractivity (Wildman–Crippen MR) is 114 cm³/mol. The first-order chi connectivity index (χ1) is 14.4. The van der Waals surface area contributed by atoms with Crippen LogP contribution in [0.3, 0.4) is 0 Å². The first kappa shape index (κ1) is 22.2. The molecule has 1 N–H and O–H groups in total. The number of hydrogen-bond donors (Lipinski definition) is 1. The van der Waals surface area contributed by atoms with Crippen molar-refractivity contribution in [1.29, 1.82) is 0 Å². The van der Waals surface area contributed by atoms with Gasteiger partial charge < -0.3 is 10.1 Å². The second kappa shape index (κ2) is 10.0. The summed E-state index contributed by atoms with van der Waals surface area (Å²) in [6, 6.07) is 10.5. The van der Waals surface area contributed by atoms with Crippen molar-refractivity contribution in [3.63, 3.8) is 0 Å². The predicted octanol–water partition coefficient (Wildman–Crippen LogP) is 4.11. The molecule has 1 amide bonds. The Balaban J connectivity index is 1.55. The summed E-state index contributed by atoms with van der Waals surface area (Å²) in [7, 11) is -3.56. The van der Waals surface area contributed by atoms with E-state index in [2.05, 4.69) is 5.32 Å². The lowest BCUT2D eigenvalue weighted by atomic mass is 10.2. The number of piperidine rings is 1. The van der Waals surface area contributed by atoms with E-state index in [-0.39, 0.29) is 23.0 Å². The van der Waals surface area contributed by atoms with Gasteiger partial charge in [-0.3, -0.25) is 4.79 Å². The van der Waals surface area contributed by atoms with Crippen molar-refractivity contribution < 1.29 is 22.3 Å². The van der Waals surface area contributed by atoms with Crippen LogP contribution < -0.4 is 10.1 Å². The molecule has 3 rings (SSSR count). The number of halogens is 1. The fourth-order valence-corrected chi connectivity index (χ4v) is 4.86. The van der Waals surface area contributed by atoms with Crippen molar-refractivity contribution in [1.82, 2.24) is 4.31 Å². The third-order valence-electron chi connectivity index (χ3n) is 5.07. The van der Waals surface area contributed by atoms with Crippen molar-refractivity contribution in [2.75, 3.05) is 25.0 Å². The number of anilines is 1. The normalized spacial score (nSPS) is 15.0. The second-order valence-corrected chi connectivity index (χ2v) is 9.33. The Morgan fingerprint density at radius 3 is 2.50 bits per heavy atom. The maximum Gasteiger partial charge on any atom is 0.243 e. The lowest BCUT2D eigenvalue weighted by Gasteiger charge is -2.26. The second-order valence-electron chi connectivity index (χ2n) is 7.40. The number of carbonyl (C=O) groups is 1. The largest absolute Gasteiger partial charge is 0.494 e. The Labute approximate surface area is 177 Å². The van der Waals surface area contributed by atoms with E-state index < -0.39 is 10.0 Å². The van der Waals surface area contributed by atoms with E-state index in [1.54, 1.807) is 12.1 Å². The summed E-state index contributed by atoms with van der Waals surface area (Å²) in [5, 5.41) is 2.80. The standard InChI is InChI=1S/C22H27FN2O4S/c1-17-7-12-20(30(27,28)25-13-3-2-4-14-25)16-21(17)24-22(26)6-5-15-29-19-10-8-18(23)9-11-19/h7-12,16H,2-6,13-15H2,1H3,(H,24,26). The molecule has 1 saturated heterocycles. The van der Waals surface area contributed by atoms with Gasteiger partial charge in [0.25, 0.3) is 0 Å². The Morgan fingerprint density at radius 1 is 1.10 bits per heavy atom. The number of hydrogen-bond acceptors (Lipinski definition) is 4. The van der Waals surface area contributed by atoms with Crippen LogP contribution in [0, 0.1) is 12.7 Å². The fraction of sp³-hybridized carbons (Fsp3) is 0.409. The molecule has 162 valence electrons. The van der Waals surface area contributed by atoms with Gasteiger partial charge in [-0.05, 0) is 68.1 Å². The third-order valence-corrected chi connectivity index (χ3v) is 6.96. The Bertz CT molecular complexity index is 971. The molecule has 0 atom stereocenters. The molecule has 0 saturated carbocycles. The number of carbonyl (C=O) groups excluding carboxylic acids is 1. The number of benzene rings is 2. The van der Waals surface area contributed by atoms with Gasteiger partial charge in [0, 0.05) is 25.2 Å². The highest BCUT2D eigenvalue weighted by atomic mass is 32.2. The highest BCUT2D eigenvalue weighted by Crippen LogP contribution is 2.25. The number of nitrogens with zero attached hydrogens (tertiary/aromatic N) is 1. The van der Waals surface area contributed by atoms with Gasteiger partial charge in [0.15, 0.2) is 0 Å². The zero-order valence-corrected chi connectivity index (χ0v) is 17.9. The van der Waals surface area contributed by atoms with E-state index in [1.165, 1.54) is 34.6 Å². The van der Waals surface area contributed by atoms with E-state index in [4.69, 9.17) is 4.74 Å². The van der Waals surface area contributed by atoms with Crippen LogP contribution in [0.5, 0.6) is 5.75 Å². The lowest BCUT2D eigenvalue weighted by molar-refractivity contribution is -0.116. The van der Waals surface area contributed by atoms with E-state index >= 15 is 0 Å². The van der Waals surface area contributed by atoms with Crippen molar-refractivity contribution in [2.45, 2.75) is 43.9 Å². The minimum Gasteiger partial charge on any atom is -0.494 e. The monoisotopic (exact) mass is 434 g/mol. The summed E-state index contributed by atoms with van der Waals surface area (Å²) in [6.45, 7) is 3.21. The molecule has 0 aliphatic carbocycles. The van der Waals surface area contributed by atoms with Gasteiger partial charge in [-0.1, -0.05) is 12.5 Å². The first-order valence-corrected chi connectivity index (χ1v) is 11.6. The molecule has 1 heterocycles. The molecule has 1 aliphatic rings. The molecule has 0 bridgehead atoms. The van der Waals surface area contributed by atoms with Crippen molar-refractivity contribution >= 4 is 21.6 Å². The highest BCUT2D eigenvalue weighted by Gasteiger charge is 2.26. The zero-order chi connectivity index (χ0) is 21.6. The number of sulfonamides is 1. The number of amides is 1. The van der Waals surface area contributed by atoms with Gasteiger partial charge in [-0.25, -0.2) is 12.8 Å². The molecule has 8 heteroatoms. The minimum absolute atomic E-state index is 0.199. The van der Waals surface area contributed by atoms with Crippen LogP contribution in [0.1, 0.15) is 37.7 Å². The summed E-state index contributed by atoms with van der Waals surface area (Å²) in [4.78, 5) is 12.5. The zero-order valence-electron chi connectivity index (χ0n) is 17.1. The smallest absolute Gasteiger partial charge is 0.243 e. The van der Waals surface area contributed by atoms with E-state index in [0.717, 1.165) is 24.8 Å². The molecule has 1 fully saturated rings. The van der Waals surface area contributed by atoms with E-state index in [0.29, 0.717) is 37.6 Å². The van der Waals surface area contributed by atoms with Crippen LogP contribution in [0.25, 0.3) is 0 Å². The molecule has 0 radical (unpaired) electrons. The summed E-state index contributed by atoms with van der Waals surface area (Å²) in [5.74, 6) is -0.00164. The number of rotatable bonds is 8. The van der Waals surface area contributed by atoms with Gasteiger partial charge in [-0.2, -0.15) is 4.31 Å². The SMILES string of the molecule is Cc1ccc(S(=O)(=O)N2CCCCC2)cc1NC(=O)CCCOc1ccc(F)cc1. The Morgan fingerprint density at radius 2 is 1.80 bits per heavy atom. The van der Waals surface area contributed by atoms with Gasteiger partial charge >= 0.3 is 0 Å². The van der Waals surface area contributed by atoms with Crippen LogP contribution >= 0.6 is 0 Å². The summed E-state index contributed by atoms with van der Waals surface area (Å²) >= 11 is 0. The Kier molecular flexibility index (Phi) is 7.44. The van der Waals surface area contributed by atoms with Gasteiger partial charge in [0.2, 0.25) is 15.9 Å². The Hall–Kier alpha value is -2.45. The molecule has 1 aliphatic heterocycles. The molecule has 0 unspecified atom stereocenters. The van der Waals surface area contributed by atoms with Gasteiger partial charge in [0.1, 0.15) is 11.6 Å². The lowest BCUT2D eigenvalue weighted by Crippen LogP contribution is -2.35. The summed E-state index contributed by atoms with van der Waals surface area (Å²) < 4.78 is 45.6. The van der Waals surface area contributed by atoms with Crippen LogP contribution in [0.4, 0.5) is 10.1 Å². The molecular weight excluding hydrogens is 407 g/mol.